The topological polar surface area (TPSA) is 57.7 Å². The first-order valence-corrected chi connectivity index (χ1v) is 10.2. The second kappa shape index (κ2) is 7.21. The lowest BCUT2D eigenvalue weighted by atomic mass is 10.1. The van der Waals surface area contributed by atoms with Crippen LogP contribution in [0.2, 0.25) is 0 Å². The first-order chi connectivity index (χ1) is 12.4. The Kier molecular flexibility index (Phi) is 5.16. The van der Waals surface area contributed by atoms with E-state index in [-0.39, 0.29) is 23.4 Å². The van der Waals surface area contributed by atoms with E-state index in [1.165, 1.54) is 4.31 Å². The monoisotopic (exact) mass is 372 g/mol. The number of rotatable bonds is 4. The normalized spacial score (nSPS) is 21.1. The van der Waals surface area contributed by atoms with Gasteiger partial charge in [0, 0.05) is 19.0 Å². The average molecular weight is 372 g/mol. The molecule has 0 bridgehead atoms. The first kappa shape index (κ1) is 18.6. The fourth-order valence-electron chi connectivity index (χ4n) is 3.42. The van der Waals surface area contributed by atoms with E-state index in [2.05, 4.69) is 0 Å². The highest BCUT2D eigenvalue weighted by molar-refractivity contribution is 7.89. The number of hydrogen-bond acceptors (Lipinski definition) is 3. The van der Waals surface area contributed by atoms with E-state index in [1.54, 1.807) is 36.1 Å². The molecular weight excluding hydrogens is 348 g/mol. The van der Waals surface area contributed by atoms with E-state index in [0.717, 1.165) is 11.1 Å². The Hall–Kier alpha value is -2.18. The minimum absolute atomic E-state index is 0.0482. The number of sulfonamides is 1. The third kappa shape index (κ3) is 3.27. The van der Waals surface area contributed by atoms with Crippen LogP contribution in [0.1, 0.15) is 37.6 Å². The third-order valence-corrected chi connectivity index (χ3v) is 6.61. The zero-order valence-corrected chi connectivity index (χ0v) is 16.1. The molecule has 2 aromatic carbocycles. The van der Waals surface area contributed by atoms with Gasteiger partial charge in [-0.3, -0.25) is 4.79 Å². The zero-order chi connectivity index (χ0) is 18.9. The number of amides is 1. The second-order valence-corrected chi connectivity index (χ2v) is 8.57. The van der Waals surface area contributed by atoms with Gasteiger partial charge in [-0.1, -0.05) is 55.0 Å². The van der Waals surface area contributed by atoms with Gasteiger partial charge >= 0.3 is 0 Å². The smallest absolute Gasteiger partial charge is 0.245 e. The van der Waals surface area contributed by atoms with Gasteiger partial charge in [0.2, 0.25) is 15.9 Å². The van der Waals surface area contributed by atoms with E-state index in [1.807, 2.05) is 44.2 Å². The van der Waals surface area contributed by atoms with E-state index >= 15 is 0 Å². The van der Waals surface area contributed by atoms with Gasteiger partial charge in [-0.2, -0.15) is 4.31 Å². The molecule has 6 heteroatoms. The van der Waals surface area contributed by atoms with E-state index in [0.29, 0.717) is 6.42 Å². The molecule has 0 saturated carbocycles. The van der Waals surface area contributed by atoms with Gasteiger partial charge in [-0.05, 0) is 31.5 Å². The number of benzene rings is 2. The summed E-state index contributed by atoms with van der Waals surface area (Å²) in [7, 11) is -3.72. The summed E-state index contributed by atoms with van der Waals surface area (Å²) in [6, 6.07) is 16.0. The van der Waals surface area contributed by atoms with E-state index in [9.17, 15) is 13.2 Å². The van der Waals surface area contributed by atoms with Crippen molar-refractivity contribution in [2.24, 2.45) is 0 Å². The number of aryl methyl sites for hydroxylation is 1. The van der Waals surface area contributed by atoms with Crippen LogP contribution in [0.15, 0.2) is 59.5 Å². The van der Waals surface area contributed by atoms with Crippen molar-refractivity contribution < 1.29 is 13.2 Å². The van der Waals surface area contributed by atoms with Crippen molar-refractivity contribution in [1.29, 1.82) is 0 Å². The molecule has 0 N–H and O–H groups in total. The van der Waals surface area contributed by atoms with Crippen LogP contribution in [0.5, 0.6) is 0 Å². The van der Waals surface area contributed by atoms with Gasteiger partial charge in [0.1, 0.15) is 6.17 Å². The maximum absolute atomic E-state index is 13.3. The molecule has 5 nitrogen and oxygen atoms in total. The lowest BCUT2D eigenvalue weighted by Crippen LogP contribution is -2.39. The standard InChI is InChI=1S/C20H24N2O3S/c1-4-19(23)22-16(3)14-21(20(22)17-8-6-5-7-9-17)26(24,25)18-12-10-15(2)11-13-18/h5-13,16,20H,4,14H2,1-3H3/t16-,20-/m0/s1. The molecule has 1 saturated heterocycles. The van der Waals surface area contributed by atoms with Crippen molar-refractivity contribution in [1.82, 2.24) is 9.21 Å². The molecular formula is C20H24N2O3S. The van der Waals surface area contributed by atoms with Crippen LogP contribution in [-0.4, -0.2) is 36.1 Å². The Morgan fingerprint density at radius 3 is 2.27 bits per heavy atom. The fraction of sp³-hybridized carbons (Fsp3) is 0.350. The summed E-state index contributed by atoms with van der Waals surface area (Å²) in [5.74, 6) is -0.0482. The van der Waals surface area contributed by atoms with Gasteiger partial charge < -0.3 is 4.90 Å². The lowest BCUT2D eigenvalue weighted by Gasteiger charge is -2.31. The summed E-state index contributed by atoms with van der Waals surface area (Å²) in [5.41, 5.74) is 1.80. The molecule has 2 aromatic rings. The molecule has 1 aliphatic rings. The van der Waals surface area contributed by atoms with Crippen molar-refractivity contribution >= 4 is 15.9 Å². The van der Waals surface area contributed by atoms with Crippen LogP contribution < -0.4 is 0 Å². The highest BCUT2D eigenvalue weighted by Gasteiger charge is 2.46. The maximum Gasteiger partial charge on any atom is 0.245 e. The number of nitrogens with zero attached hydrogens (tertiary/aromatic N) is 2. The summed E-state index contributed by atoms with van der Waals surface area (Å²) < 4.78 is 28.1. The minimum atomic E-state index is -3.72. The molecule has 1 aliphatic heterocycles. The van der Waals surface area contributed by atoms with Crippen LogP contribution >= 0.6 is 0 Å². The number of hydrogen-bond donors (Lipinski definition) is 0. The molecule has 0 aromatic heterocycles. The Morgan fingerprint density at radius 2 is 1.69 bits per heavy atom. The first-order valence-electron chi connectivity index (χ1n) is 8.81. The Labute approximate surface area is 155 Å². The van der Waals surface area contributed by atoms with Gasteiger partial charge in [0.25, 0.3) is 0 Å². The van der Waals surface area contributed by atoms with Crippen molar-refractivity contribution in [3.05, 3.63) is 65.7 Å². The van der Waals surface area contributed by atoms with Crippen molar-refractivity contribution in [2.45, 2.75) is 44.3 Å². The fourth-order valence-corrected chi connectivity index (χ4v) is 5.07. The lowest BCUT2D eigenvalue weighted by molar-refractivity contribution is -0.134. The molecule has 0 radical (unpaired) electrons. The summed E-state index contributed by atoms with van der Waals surface area (Å²) in [6.45, 7) is 5.90. The molecule has 0 unspecified atom stereocenters. The molecule has 0 spiro atoms. The van der Waals surface area contributed by atoms with E-state index in [4.69, 9.17) is 0 Å². The van der Waals surface area contributed by atoms with Gasteiger partial charge in [0.15, 0.2) is 0 Å². The molecule has 1 fully saturated rings. The molecule has 2 atom stereocenters. The van der Waals surface area contributed by atoms with Crippen molar-refractivity contribution in [2.75, 3.05) is 6.54 Å². The van der Waals surface area contributed by atoms with Gasteiger partial charge in [-0.15, -0.1) is 0 Å². The predicted octanol–water partition coefficient (Wildman–Crippen LogP) is 3.33. The quantitative estimate of drug-likeness (QED) is 0.827. The highest BCUT2D eigenvalue weighted by Crippen LogP contribution is 2.38. The number of carbonyl (C=O) groups excluding carboxylic acids is 1. The molecule has 138 valence electrons. The minimum Gasteiger partial charge on any atom is -0.318 e. The SMILES string of the molecule is CCC(=O)N1[C@@H](c2ccccc2)N(S(=O)(=O)c2ccc(C)cc2)C[C@@H]1C. The molecule has 1 amide bonds. The Bertz CT molecular complexity index is 879. The zero-order valence-electron chi connectivity index (χ0n) is 15.3. The largest absolute Gasteiger partial charge is 0.318 e. The predicted molar refractivity (Wildman–Crippen MR) is 101 cm³/mol. The third-order valence-electron chi connectivity index (χ3n) is 4.77. The van der Waals surface area contributed by atoms with Crippen LogP contribution in [0, 0.1) is 6.92 Å². The Morgan fingerprint density at radius 1 is 1.08 bits per heavy atom. The van der Waals surface area contributed by atoms with E-state index < -0.39 is 16.2 Å². The van der Waals surface area contributed by atoms with Crippen LogP contribution in [0.4, 0.5) is 0 Å². The highest BCUT2D eigenvalue weighted by atomic mass is 32.2. The second-order valence-electron chi connectivity index (χ2n) is 6.68. The molecule has 26 heavy (non-hydrogen) atoms. The van der Waals surface area contributed by atoms with Crippen LogP contribution in [-0.2, 0) is 14.8 Å². The summed E-state index contributed by atoms with van der Waals surface area (Å²) in [5, 5.41) is 0. The summed E-state index contributed by atoms with van der Waals surface area (Å²) >= 11 is 0. The van der Waals surface area contributed by atoms with Crippen molar-refractivity contribution in [3.63, 3.8) is 0 Å². The summed E-state index contributed by atoms with van der Waals surface area (Å²) in [4.78, 5) is 14.5. The number of carbonyl (C=O) groups is 1. The Balaban J connectivity index is 2.09. The molecule has 0 aliphatic carbocycles. The average Bonchev–Trinajstić information content (AvgIpc) is 3.00. The maximum atomic E-state index is 13.3. The van der Waals surface area contributed by atoms with Crippen molar-refractivity contribution in [3.8, 4) is 0 Å². The van der Waals surface area contributed by atoms with Gasteiger partial charge in [-0.25, -0.2) is 8.42 Å². The summed E-state index contributed by atoms with van der Waals surface area (Å²) in [6.07, 6.45) is -0.281. The molecule has 3 rings (SSSR count). The van der Waals surface area contributed by atoms with Gasteiger partial charge in [0.05, 0.1) is 4.90 Å². The van der Waals surface area contributed by atoms with Crippen LogP contribution in [0.25, 0.3) is 0 Å². The molecule has 1 heterocycles. The van der Waals surface area contributed by atoms with Crippen LogP contribution in [0.3, 0.4) is 0 Å².